The summed E-state index contributed by atoms with van der Waals surface area (Å²) in [4.78, 5) is 12.5. The van der Waals surface area contributed by atoms with Crippen LogP contribution in [0.1, 0.15) is 34.5 Å². The van der Waals surface area contributed by atoms with E-state index >= 15 is 0 Å². The van der Waals surface area contributed by atoms with Gasteiger partial charge in [0.1, 0.15) is 5.76 Å². The minimum absolute atomic E-state index is 0.0693. The molecule has 1 heterocycles. The van der Waals surface area contributed by atoms with E-state index in [1.807, 2.05) is 30.3 Å². The second kappa shape index (κ2) is 4.81. The van der Waals surface area contributed by atoms with Crippen LogP contribution in [0.5, 0.6) is 0 Å². The average molecular weight is 240 g/mol. The number of furan rings is 1. The zero-order chi connectivity index (χ0) is 12.4. The van der Waals surface area contributed by atoms with Gasteiger partial charge in [0, 0.05) is 17.9 Å². The Balaban J connectivity index is 1.87. The van der Waals surface area contributed by atoms with Crippen molar-refractivity contribution in [3.8, 4) is 0 Å². The normalized spacial score (nSPS) is 19.3. The van der Waals surface area contributed by atoms with E-state index in [0.717, 1.165) is 37.0 Å². The molecule has 1 aromatic carbocycles. The quantitative estimate of drug-likeness (QED) is 0.750. The Morgan fingerprint density at radius 2 is 2.06 bits per heavy atom. The molecule has 0 saturated heterocycles. The first-order chi connectivity index (χ1) is 8.84. The minimum atomic E-state index is 0.0693. The maximum Gasteiger partial charge on any atom is 0.166 e. The highest BCUT2D eigenvalue weighted by molar-refractivity contribution is 5.99. The number of aryl methyl sites for hydroxylation is 1. The molecule has 0 amide bonds. The predicted molar refractivity (Wildman–Crippen MR) is 69.6 cm³/mol. The molecule has 3 rings (SSSR count). The van der Waals surface area contributed by atoms with Crippen molar-refractivity contribution in [1.29, 1.82) is 0 Å². The van der Waals surface area contributed by atoms with Gasteiger partial charge in [0.15, 0.2) is 5.78 Å². The Morgan fingerprint density at radius 3 is 2.89 bits per heavy atom. The molecule has 1 unspecified atom stereocenters. The van der Waals surface area contributed by atoms with Gasteiger partial charge in [-0.1, -0.05) is 24.3 Å². The van der Waals surface area contributed by atoms with Gasteiger partial charge in [0.2, 0.25) is 0 Å². The van der Waals surface area contributed by atoms with Gasteiger partial charge in [-0.05, 0) is 37.0 Å². The fraction of sp³-hybridized carbons (Fsp3) is 0.312. The SMILES string of the molecule is O=C1c2ccccc2CCCC1Cc1ccco1. The number of rotatable bonds is 2. The first kappa shape index (κ1) is 11.3. The topological polar surface area (TPSA) is 30.2 Å². The molecule has 0 spiro atoms. The monoisotopic (exact) mass is 240 g/mol. The smallest absolute Gasteiger partial charge is 0.166 e. The molecule has 1 aliphatic carbocycles. The summed E-state index contributed by atoms with van der Waals surface area (Å²) in [6.07, 6.45) is 5.43. The molecule has 18 heavy (non-hydrogen) atoms. The summed E-state index contributed by atoms with van der Waals surface area (Å²) >= 11 is 0. The molecule has 1 aromatic heterocycles. The number of Topliss-reactive ketones (excluding diaryl/α,β-unsaturated/α-hetero) is 1. The molecular weight excluding hydrogens is 224 g/mol. The third-order valence-corrected chi connectivity index (χ3v) is 3.68. The van der Waals surface area contributed by atoms with Gasteiger partial charge >= 0.3 is 0 Å². The third kappa shape index (κ3) is 2.10. The summed E-state index contributed by atoms with van der Waals surface area (Å²) in [6, 6.07) is 11.8. The molecule has 1 aliphatic rings. The molecule has 92 valence electrons. The molecule has 0 bridgehead atoms. The lowest BCUT2D eigenvalue weighted by molar-refractivity contribution is 0.0911. The first-order valence-corrected chi connectivity index (χ1v) is 6.49. The highest BCUT2D eigenvalue weighted by Crippen LogP contribution is 2.27. The Labute approximate surface area is 107 Å². The number of ketones is 1. The maximum atomic E-state index is 12.5. The van der Waals surface area contributed by atoms with Crippen LogP contribution in [0.25, 0.3) is 0 Å². The summed E-state index contributed by atoms with van der Waals surface area (Å²) in [5, 5.41) is 0. The van der Waals surface area contributed by atoms with E-state index < -0.39 is 0 Å². The zero-order valence-electron chi connectivity index (χ0n) is 10.3. The molecule has 0 radical (unpaired) electrons. The molecule has 2 aromatic rings. The predicted octanol–water partition coefficient (Wildman–Crippen LogP) is 3.66. The second-order valence-corrected chi connectivity index (χ2v) is 4.89. The lowest BCUT2D eigenvalue weighted by Crippen LogP contribution is -2.16. The summed E-state index contributed by atoms with van der Waals surface area (Å²) < 4.78 is 5.36. The molecule has 2 nitrogen and oxygen atoms in total. The van der Waals surface area contributed by atoms with Gasteiger partial charge in [0.05, 0.1) is 6.26 Å². The summed E-state index contributed by atoms with van der Waals surface area (Å²) in [5.74, 6) is 1.26. The van der Waals surface area contributed by atoms with Crippen LogP contribution in [0.2, 0.25) is 0 Å². The van der Waals surface area contributed by atoms with E-state index in [1.54, 1.807) is 6.26 Å². The zero-order valence-corrected chi connectivity index (χ0v) is 10.3. The molecule has 0 aliphatic heterocycles. The molecule has 0 saturated carbocycles. The lowest BCUT2D eigenvalue weighted by Gasteiger charge is -2.11. The maximum absolute atomic E-state index is 12.5. The lowest BCUT2D eigenvalue weighted by atomic mass is 9.91. The fourth-order valence-electron chi connectivity index (χ4n) is 2.73. The fourth-order valence-corrected chi connectivity index (χ4v) is 2.73. The van der Waals surface area contributed by atoms with Crippen LogP contribution in [0.4, 0.5) is 0 Å². The van der Waals surface area contributed by atoms with E-state index in [2.05, 4.69) is 6.07 Å². The van der Waals surface area contributed by atoms with Gasteiger partial charge in [-0.25, -0.2) is 0 Å². The van der Waals surface area contributed by atoms with Gasteiger partial charge in [-0.2, -0.15) is 0 Å². The standard InChI is InChI=1S/C16H16O2/c17-16-13(11-14-8-4-10-18-14)7-3-6-12-5-1-2-9-15(12)16/h1-2,4-5,8-10,13H,3,6-7,11H2. The number of hydrogen-bond acceptors (Lipinski definition) is 2. The highest BCUT2D eigenvalue weighted by atomic mass is 16.3. The van der Waals surface area contributed by atoms with Crippen LogP contribution >= 0.6 is 0 Å². The first-order valence-electron chi connectivity index (χ1n) is 6.49. The Bertz CT molecular complexity index is 540. The van der Waals surface area contributed by atoms with Crippen LogP contribution in [-0.2, 0) is 12.8 Å². The van der Waals surface area contributed by atoms with Crippen molar-refractivity contribution < 1.29 is 9.21 Å². The van der Waals surface area contributed by atoms with Crippen LogP contribution in [0.3, 0.4) is 0 Å². The average Bonchev–Trinajstić information content (AvgIpc) is 2.85. The van der Waals surface area contributed by atoms with Crippen molar-refractivity contribution in [3.63, 3.8) is 0 Å². The molecular formula is C16H16O2. The van der Waals surface area contributed by atoms with Crippen molar-refractivity contribution in [3.05, 3.63) is 59.5 Å². The number of benzene rings is 1. The summed E-state index contributed by atoms with van der Waals surface area (Å²) in [7, 11) is 0. The van der Waals surface area contributed by atoms with E-state index in [9.17, 15) is 4.79 Å². The Kier molecular flexibility index (Phi) is 3.01. The number of carbonyl (C=O) groups is 1. The van der Waals surface area contributed by atoms with Crippen molar-refractivity contribution in [1.82, 2.24) is 0 Å². The third-order valence-electron chi connectivity index (χ3n) is 3.68. The van der Waals surface area contributed by atoms with Crippen molar-refractivity contribution >= 4 is 5.78 Å². The second-order valence-electron chi connectivity index (χ2n) is 4.89. The van der Waals surface area contributed by atoms with Crippen molar-refractivity contribution in [2.24, 2.45) is 5.92 Å². The van der Waals surface area contributed by atoms with E-state index in [0.29, 0.717) is 0 Å². The van der Waals surface area contributed by atoms with Gasteiger partial charge < -0.3 is 4.42 Å². The van der Waals surface area contributed by atoms with Crippen LogP contribution in [0.15, 0.2) is 47.1 Å². The Hall–Kier alpha value is -1.83. The van der Waals surface area contributed by atoms with E-state index in [1.165, 1.54) is 5.56 Å². The Morgan fingerprint density at radius 1 is 1.17 bits per heavy atom. The largest absolute Gasteiger partial charge is 0.469 e. The van der Waals surface area contributed by atoms with Gasteiger partial charge in [-0.15, -0.1) is 0 Å². The van der Waals surface area contributed by atoms with Crippen molar-refractivity contribution in [2.75, 3.05) is 0 Å². The van der Waals surface area contributed by atoms with Crippen LogP contribution < -0.4 is 0 Å². The highest BCUT2D eigenvalue weighted by Gasteiger charge is 2.25. The van der Waals surface area contributed by atoms with Gasteiger partial charge in [0.25, 0.3) is 0 Å². The summed E-state index contributed by atoms with van der Waals surface area (Å²) in [6.45, 7) is 0. The minimum Gasteiger partial charge on any atom is -0.469 e. The molecule has 2 heteroatoms. The van der Waals surface area contributed by atoms with Crippen LogP contribution in [-0.4, -0.2) is 5.78 Å². The number of hydrogen-bond donors (Lipinski definition) is 0. The molecule has 0 fully saturated rings. The van der Waals surface area contributed by atoms with Crippen LogP contribution in [0, 0.1) is 5.92 Å². The van der Waals surface area contributed by atoms with Crippen molar-refractivity contribution in [2.45, 2.75) is 25.7 Å². The number of carbonyl (C=O) groups excluding carboxylic acids is 1. The summed E-state index contributed by atoms with van der Waals surface area (Å²) in [5.41, 5.74) is 2.11. The molecule has 1 atom stereocenters. The van der Waals surface area contributed by atoms with Gasteiger partial charge in [-0.3, -0.25) is 4.79 Å². The van der Waals surface area contributed by atoms with E-state index in [-0.39, 0.29) is 11.7 Å². The number of fused-ring (bicyclic) bond motifs is 1. The molecule has 0 N–H and O–H groups in total. The van der Waals surface area contributed by atoms with E-state index in [4.69, 9.17) is 4.42 Å².